The highest BCUT2D eigenvalue weighted by Crippen LogP contribution is 2.33. The minimum absolute atomic E-state index is 0.157. The van der Waals surface area contributed by atoms with E-state index in [2.05, 4.69) is 15.4 Å². The van der Waals surface area contributed by atoms with Crippen LogP contribution in [0.3, 0.4) is 0 Å². The lowest BCUT2D eigenvalue weighted by Gasteiger charge is -2.41. The third-order valence-electron chi connectivity index (χ3n) is 4.62. The molecular formula is C17H17ClN4O2. The Morgan fingerprint density at radius 1 is 1.50 bits per heavy atom. The highest BCUT2D eigenvalue weighted by atomic mass is 35.5. The van der Waals surface area contributed by atoms with E-state index in [1.165, 1.54) is 0 Å². The van der Waals surface area contributed by atoms with Gasteiger partial charge in [-0.25, -0.2) is 0 Å². The molecule has 1 saturated carbocycles. The molecule has 24 heavy (non-hydrogen) atoms. The zero-order chi connectivity index (χ0) is 16.8. The summed E-state index contributed by atoms with van der Waals surface area (Å²) >= 11 is 6.07. The molecule has 2 heterocycles. The second-order valence-electron chi connectivity index (χ2n) is 6.17. The van der Waals surface area contributed by atoms with E-state index in [0.717, 1.165) is 16.6 Å². The summed E-state index contributed by atoms with van der Waals surface area (Å²) in [6.07, 6.45) is 3.46. The van der Waals surface area contributed by atoms with Gasteiger partial charge in [0.1, 0.15) is 0 Å². The van der Waals surface area contributed by atoms with Crippen LogP contribution in [0.25, 0.3) is 10.9 Å². The molecule has 3 atom stereocenters. The number of carbonyl (C=O) groups excluding carboxylic acids is 1. The van der Waals surface area contributed by atoms with Crippen LogP contribution in [0.1, 0.15) is 28.5 Å². The van der Waals surface area contributed by atoms with E-state index in [0.29, 0.717) is 17.0 Å². The van der Waals surface area contributed by atoms with E-state index in [9.17, 15) is 9.90 Å². The summed E-state index contributed by atoms with van der Waals surface area (Å²) in [5.41, 5.74) is 2.26. The predicted molar refractivity (Wildman–Crippen MR) is 91.2 cm³/mol. The summed E-state index contributed by atoms with van der Waals surface area (Å²) in [6.45, 7) is 1.86. The third kappa shape index (κ3) is 2.39. The molecule has 0 bridgehead atoms. The average molecular weight is 345 g/mol. The minimum Gasteiger partial charge on any atom is -0.391 e. The molecule has 1 aliphatic carbocycles. The van der Waals surface area contributed by atoms with Crippen molar-refractivity contribution in [1.82, 2.24) is 20.1 Å². The number of fused-ring (bicyclic) bond motifs is 1. The topological polar surface area (TPSA) is 82.9 Å². The number of aromatic nitrogens is 3. The van der Waals surface area contributed by atoms with E-state index in [-0.39, 0.29) is 18.0 Å². The number of nitrogens with one attached hydrogen (secondary N) is 2. The van der Waals surface area contributed by atoms with Gasteiger partial charge in [-0.05, 0) is 37.6 Å². The molecule has 3 aromatic rings. The maximum absolute atomic E-state index is 12.8. The fourth-order valence-electron chi connectivity index (χ4n) is 3.41. The van der Waals surface area contributed by atoms with Crippen LogP contribution in [0.5, 0.6) is 0 Å². The van der Waals surface area contributed by atoms with Crippen molar-refractivity contribution in [3.63, 3.8) is 0 Å². The van der Waals surface area contributed by atoms with Gasteiger partial charge in [0.05, 0.1) is 23.8 Å². The second-order valence-corrected chi connectivity index (χ2v) is 6.61. The molecule has 0 aliphatic heterocycles. The number of hydrogen-bond acceptors (Lipinski definition) is 3. The van der Waals surface area contributed by atoms with E-state index in [1.54, 1.807) is 35.3 Å². The van der Waals surface area contributed by atoms with Gasteiger partial charge in [0.15, 0.2) is 0 Å². The van der Waals surface area contributed by atoms with Crippen molar-refractivity contribution in [3.05, 3.63) is 52.9 Å². The van der Waals surface area contributed by atoms with Crippen molar-refractivity contribution in [2.24, 2.45) is 0 Å². The lowest BCUT2D eigenvalue weighted by atomic mass is 9.83. The first kappa shape index (κ1) is 15.2. The molecule has 7 heteroatoms. The number of rotatable bonds is 3. The van der Waals surface area contributed by atoms with E-state index in [1.807, 2.05) is 13.0 Å². The number of nitrogens with zero attached hydrogens (tertiary/aromatic N) is 2. The fraction of sp³-hybridized carbons (Fsp3) is 0.294. The summed E-state index contributed by atoms with van der Waals surface area (Å²) < 4.78 is 1.69. The standard InChI is InChI=1S/C17H17ClN4O2/c1-9-15(11-7-10(18)3-4-12(11)20-9)17(24)21-13-8-14(23)16(13)22-6-2-5-19-22/h2-7,13-14,16,20,23H,8H2,1H3,(H,21,24)/t13-,14+,16+/m0/s1. The quantitative estimate of drug-likeness (QED) is 0.682. The van der Waals surface area contributed by atoms with E-state index in [4.69, 9.17) is 11.6 Å². The number of aromatic amines is 1. The van der Waals surface area contributed by atoms with Crippen molar-refractivity contribution in [3.8, 4) is 0 Å². The number of aliphatic hydroxyl groups is 1. The molecule has 2 aromatic heterocycles. The van der Waals surface area contributed by atoms with Crippen LogP contribution < -0.4 is 5.32 Å². The zero-order valence-corrected chi connectivity index (χ0v) is 13.8. The maximum Gasteiger partial charge on any atom is 0.254 e. The van der Waals surface area contributed by atoms with E-state index >= 15 is 0 Å². The van der Waals surface area contributed by atoms with Gasteiger partial charge in [0.2, 0.25) is 0 Å². The monoisotopic (exact) mass is 344 g/mol. The van der Waals surface area contributed by atoms with Gasteiger partial charge in [0, 0.05) is 34.0 Å². The third-order valence-corrected chi connectivity index (χ3v) is 4.86. The van der Waals surface area contributed by atoms with Crippen molar-refractivity contribution in [2.45, 2.75) is 31.5 Å². The van der Waals surface area contributed by atoms with Crippen molar-refractivity contribution >= 4 is 28.4 Å². The Labute approximate surface area is 143 Å². The number of carbonyl (C=O) groups is 1. The largest absolute Gasteiger partial charge is 0.391 e. The molecule has 1 amide bonds. The Morgan fingerprint density at radius 3 is 3.04 bits per heavy atom. The Bertz CT molecular complexity index is 903. The average Bonchev–Trinajstić information content (AvgIpc) is 3.13. The summed E-state index contributed by atoms with van der Waals surface area (Å²) in [6, 6.07) is 6.85. The highest BCUT2D eigenvalue weighted by molar-refractivity contribution is 6.31. The molecule has 6 nitrogen and oxygen atoms in total. The minimum atomic E-state index is -0.506. The van der Waals surface area contributed by atoms with Crippen LogP contribution >= 0.6 is 11.6 Å². The second kappa shape index (κ2) is 5.65. The number of amides is 1. The Hall–Kier alpha value is -2.31. The molecule has 1 fully saturated rings. The van der Waals surface area contributed by atoms with Crippen molar-refractivity contribution in [2.75, 3.05) is 0 Å². The van der Waals surface area contributed by atoms with E-state index < -0.39 is 6.10 Å². The van der Waals surface area contributed by atoms with Gasteiger partial charge in [-0.3, -0.25) is 9.48 Å². The Morgan fingerprint density at radius 2 is 2.33 bits per heavy atom. The van der Waals surface area contributed by atoms with Crippen LogP contribution in [0.4, 0.5) is 0 Å². The first-order valence-electron chi connectivity index (χ1n) is 7.80. The number of halogens is 1. The van der Waals surface area contributed by atoms with Gasteiger partial charge in [-0.2, -0.15) is 5.10 Å². The van der Waals surface area contributed by atoms with Crippen LogP contribution in [0.2, 0.25) is 5.02 Å². The van der Waals surface area contributed by atoms with Gasteiger partial charge < -0.3 is 15.4 Å². The molecule has 0 unspecified atom stereocenters. The van der Waals surface area contributed by atoms with Crippen LogP contribution in [-0.4, -0.2) is 37.9 Å². The predicted octanol–water partition coefficient (Wildman–Crippen LogP) is 2.43. The van der Waals surface area contributed by atoms with Gasteiger partial charge in [0.25, 0.3) is 5.91 Å². The molecule has 3 N–H and O–H groups in total. The van der Waals surface area contributed by atoms with Gasteiger partial charge >= 0.3 is 0 Å². The Balaban J connectivity index is 1.61. The molecular weight excluding hydrogens is 328 g/mol. The molecule has 0 saturated heterocycles. The van der Waals surface area contributed by atoms with Crippen LogP contribution in [-0.2, 0) is 0 Å². The first-order chi connectivity index (χ1) is 11.5. The smallest absolute Gasteiger partial charge is 0.254 e. The molecule has 124 valence electrons. The fourth-order valence-corrected chi connectivity index (χ4v) is 3.58. The molecule has 0 radical (unpaired) electrons. The molecule has 1 aliphatic rings. The first-order valence-corrected chi connectivity index (χ1v) is 8.18. The van der Waals surface area contributed by atoms with Crippen LogP contribution in [0.15, 0.2) is 36.7 Å². The van der Waals surface area contributed by atoms with Crippen LogP contribution in [0, 0.1) is 6.92 Å². The lowest BCUT2D eigenvalue weighted by Crippen LogP contribution is -2.56. The molecule has 0 spiro atoms. The van der Waals surface area contributed by atoms with Crippen molar-refractivity contribution < 1.29 is 9.90 Å². The number of benzene rings is 1. The molecule has 4 rings (SSSR count). The van der Waals surface area contributed by atoms with Crippen molar-refractivity contribution in [1.29, 1.82) is 0 Å². The normalized spacial score (nSPS) is 23.2. The number of H-pyrrole nitrogens is 1. The molecule has 1 aromatic carbocycles. The number of aryl methyl sites for hydroxylation is 1. The Kier molecular flexibility index (Phi) is 3.58. The summed E-state index contributed by atoms with van der Waals surface area (Å²) in [5, 5.41) is 18.6. The van der Waals surface area contributed by atoms with Gasteiger partial charge in [-0.1, -0.05) is 11.6 Å². The lowest BCUT2D eigenvalue weighted by molar-refractivity contribution is -0.00586. The highest BCUT2D eigenvalue weighted by Gasteiger charge is 2.43. The van der Waals surface area contributed by atoms with Gasteiger partial charge in [-0.15, -0.1) is 0 Å². The zero-order valence-electron chi connectivity index (χ0n) is 13.0. The summed E-state index contributed by atoms with van der Waals surface area (Å²) in [7, 11) is 0. The SMILES string of the molecule is Cc1[nH]c2ccc(Cl)cc2c1C(=O)N[C@H]1C[C@@H](O)[C@@H]1n1cccn1. The maximum atomic E-state index is 12.8. The number of aliphatic hydroxyl groups excluding tert-OH is 1. The summed E-state index contributed by atoms with van der Waals surface area (Å²) in [4.78, 5) is 16.0. The number of hydrogen-bond donors (Lipinski definition) is 3. The summed E-state index contributed by atoms with van der Waals surface area (Å²) in [5.74, 6) is -0.171.